The second kappa shape index (κ2) is 4.53. The second-order valence-corrected chi connectivity index (χ2v) is 4.94. The van der Waals surface area contributed by atoms with E-state index in [0.29, 0.717) is 6.42 Å². The summed E-state index contributed by atoms with van der Waals surface area (Å²) >= 11 is 3.49. The van der Waals surface area contributed by atoms with Crippen LogP contribution in [0.2, 0.25) is 0 Å². The van der Waals surface area contributed by atoms with Crippen LogP contribution in [0.4, 0.5) is 4.39 Å². The van der Waals surface area contributed by atoms with Gasteiger partial charge in [0.1, 0.15) is 11.6 Å². The Morgan fingerprint density at radius 2 is 1.94 bits per heavy atom. The molecule has 0 unspecified atom stereocenters. The van der Waals surface area contributed by atoms with Crippen LogP contribution < -0.4 is 0 Å². The number of halogens is 2. The van der Waals surface area contributed by atoms with Crippen LogP contribution in [0.15, 0.2) is 53.3 Å². The molecule has 0 saturated carbocycles. The number of hydrogen-bond acceptors (Lipinski definition) is 1. The summed E-state index contributed by atoms with van der Waals surface area (Å²) in [5, 5.41) is 0. The molecule has 18 heavy (non-hydrogen) atoms. The Morgan fingerprint density at radius 1 is 1.17 bits per heavy atom. The maximum atomic E-state index is 12.8. The van der Waals surface area contributed by atoms with Crippen molar-refractivity contribution in [1.82, 2.24) is 9.38 Å². The van der Waals surface area contributed by atoms with Crippen molar-refractivity contribution in [3.8, 4) is 0 Å². The highest BCUT2D eigenvalue weighted by Crippen LogP contribution is 2.19. The Labute approximate surface area is 112 Å². The van der Waals surface area contributed by atoms with E-state index in [1.54, 1.807) is 12.1 Å². The molecule has 3 aromatic rings. The number of benzene rings is 1. The van der Waals surface area contributed by atoms with Gasteiger partial charge in [0.15, 0.2) is 0 Å². The largest absolute Gasteiger partial charge is 0.302 e. The minimum absolute atomic E-state index is 0.213. The van der Waals surface area contributed by atoms with Crippen molar-refractivity contribution < 1.29 is 4.39 Å². The Hall–Kier alpha value is -1.68. The van der Waals surface area contributed by atoms with Crippen LogP contribution >= 0.6 is 15.9 Å². The molecular formula is C14H10BrFN2. The number of aromatic nitrogens is 2. The van der Waals surface area contributed by atoms with Gasteiger partial charge in [-0.15, -0.1) is 0 Å². The molecule has 2 aromatic heterocycles. The Bertz CT molecular complexity index is 689. The molecule has 0 saturated heterocycles. The summed E-state index contributed by atoms with van der Waals surface area (Å²) in [6, 6.07) is 10.5. The molecular weight excluding hydrogens is 295 g/mol. The standard InChI is InChI=1S/C14H10BrFN2/c15-12-2-1-7-18-13(12)9-17-14(18)8-10-3-5-11(16)6-4-10/h1-7,9H,8H2. The third-order valence-electron chi connectivity index (χ3n) is 2.87. The van der Waals surface area contributed by atoms with Crippen LogP contribution in [-0.4, -0.2) is 9.38 Å². The van der Waals surface area contributed by atoms with Crippen LogP contribution in [0.5, 0.6) is 0 Å². The quantitative estimate of drug-likeness (QED) is 0.703. The number of pyridine rings is 1. The van der Waals surface area contributed by atoms with Gasteiger partial charge in [0.25, 0.3) is 0 Å². The van der Waals surface area contributed by atoms with Gasteiger partial charge in [-0.05, 0) is 45.8 Å². The summed E-state index contributed by atoms with van der Waals surface area (Å²) in [6.07, 6.45) is 4.50. The third-order valence-corrected chi connectivity index (χ3v) is 3.54. The fraction of sp³-hybridized carbons (Fsp3) is 0.0714. The van der Waals surface area contributed by atoms with Gasteiger partial charge in [0.2, 0.25) is 0 Å². The molecule has 1 aromatic carbocycles. The van der Waals surface area contributed by atoms with Crippen molar-refractivity contribution >= 4 is 21.4 Å². The van der Waals surface area contributed by atoms with Gasteiger partial charge in [-0.2, -0.15) is 0 Å². The van der Waals surface area contributed by atoms with Crippen molar-refractivity contribution in [2.75, 3.05) is 0 Å². The molecule has 0 aliphatic carbocycles. The molecule has 2 nitrogen and oxygen atoms in total. The lowest BCUT2D eigenvalue weighted by molar-refractivity contribution is 0.627. The smallest absolute Gasteiger partial charge is 0.123 e. The number of imidazole rings is 1. The Morgan fingerprint density at radius 3 is 2.72 bits per heavy atom. The fourth-order valence-electron chi connectivity index (χ4n) is 1.96. The molecule has 0 spiro atoms. The first kappa shape index (κ1) is 11.4. The van der Waals surface area contributed by atoms with Crippen molar-refractivity contribution in [1.29, 1.82) is 0 Å². The van der Waals surface area contributed by atoms with Crippen molar-refractivity contribution in [3.05, 3.63) is 70.5 Å². The van der Waals surface area contributed by atoms with E-state index >= 15 is 0 Å². The van der Waals surface area contributed by atoms with E-state index in [0.717, 1.165) is 21.4 Å². The molecule has 4 heteroatoms. The summed E-state index contributed by atoms with van der Waals surface area (Å²) in [5.41, 5.74) is 2.08. The lowest BCUT2D eigenvalue weighted by Gasteiger charge is -2.02. The fourth-order valence-corrected chi connectivity index (χ4v) is 2.40. The predicted octanol–water partition coefficient (Wildman–Crippen LogP) is 3.83. The lowest BCUT2D eigenvalue weighted by atomic mass is 10.1. The molecule has 0 fully saturated rings. The van der Waals surface area contributed by atoms with E-state index in [-0.39, 0.29) is 5.82 Å². The van der Waals surface area contributed by atoms with Gasteiger partial charge in [-0.3, -0.25) is 0 Å². The molecule has 0 N–H and O–H groups in total. The Balaban J connectivity index is 2.00. The van der Waals surface area contributed by atoms with Gasteiger partial charge in [-0.25, -0.2) is 9.37 Å². The van der Waals surface area contributed by atoms with E-state index in [2.05, 4.69) is 20.9 Å². The average Bonchev–Trinajstić information content (AvgIpc) is 2.77. The zero-order valence-corrected chi connectivity index (χ0v) is 11.1. The summed E-state index contributed by atoms with van der Waals surface area (Å²) in [7, 11) is 0. The van der Waals surface area contributed by atoms with Gasteiger partial charge in [-0.1, -0.05) is 12.1 Å². The number of rotatable bonds is 2. The van der Waals surface area contributed by atoms with E-state index in [9.17, 15) is 4.39 Å². The first-order chi connectivity index (χ1) is 8.74. The normalized spacial score (nSPS) is 11.0. The molecule has 0 aliphatic heterocycles. The maximum Gasteiger partial charge on any atom is 0.123 e. The minimum Gasteiger partial charge on any atom is -0.302 e. The molecule has 0 radical (unpaired) electrons. The summed E-state index contributed by atoms with van der Waals surface area (Å²) in [4.78, 5) is 4.41. The first-order valence-electron chi connectivity index (χ1n) is 5.59. The van der Waals surface area contributed by atoms with E-state index in [1.807, 2.05) is 28.9 Å². The molecule has 0 atom stereocenters. The van der Waals surface area contributed by atoms with Gasteiger partial charge in [0.05, 0.1) is 11.7 Å². The molecule has 2 heterocycles. The van der Waals surface area contributed by atoms with Crippen molar-refractivity contribution in [2.24, 2.45) is 0 Å². The lowest BCUT2D eigenvalue weighted by Crippen LogP contribution is -1.96. The maximum absolute atomic E-state index is 12.8. The van der Waals surface area contributed by atoms with E-state index < -0.39 is 0 Å². The SMILES string of the molecule is Fc1ccc(Cc2ncc3c(Br)cccn23)cc1. The van der Waals surface area contributed by atoms with Crippen LogP contribution in [0.1, 0.15) is 11.4 Å². The van der Waals surface area contributed by atoms with Gasteiger partial charge in [0, 0.05) is 17.1 Å². The molecule has 0 amide bonds. The number of fused-ring (bicyclic) bond motifs is 1. The van der Waals surface area contributed by atoms with Crippen LogP contribution in [0, 0.1) is 5.82 Å². The van der Waals surface area contributed by atoms with E-state index in [1.165, 1.54) is 12.1 Å². The predicted molar refractivity (Wildman–Crippen MR) is 72.1 cm³/mol. The molecule has 3 rings (SSSR count). The van der Waals surface area contributed by atoms with Crippen molar-refractivity contribution in [3.63, 3.8) is 0 Å². The van der Waals surface area contributed by atoms with E-state index in [4.69, 9.17) is 0 Å². The summed E-state index contributed by atoms with van der Waals surface area (Å²) in [6.45, 7) is 0. The highest BCUT2D eigenvalue weighted by Gasteiger charge is 2.06. The summed E-state index contributed by atoms with van der Waals surface area (Å²) in [5.74, 6) is 0.729. The zero-order valence-electron chi connectivity index (χ0n) is 9.48. The monoisotopic (exact) mass is 304 g/mol. The highest BCUT2D eigenvalue weighted by atomic mass is 79.9. The second-order valence-electron chi connectivity index (χ2n) is 4.09. The van der Waals surface area contributed by atoms with Crippen LogP contribution in [0.3, 0.4) is 0 Å². The average molecular weight is 305 g/mol. The Kier molecular flexibility index (Phi) is 2.88. The highest BCUT2D eigenvalue weighted by molar-refractivity contribution is 9.10. The van der Waals surface area contributed by atoms with Gasteiger partial charge < -0.3 is 4.40 Å². The third kappa shape index (κ3) is 2.04. The summed E-state index contributed by atoms with van der Waals surface area (Å²) < 4.78 is 15.9. The first-order valence-corrected chi connectivity index (χ1v) is 6.38. The van der Waals surface area contributed by atoms with Gasteiger partial charge >= 0.3 is 0 Å². The topological polar surface area (TPSA) is 17.3 Å². The minimum atomic E-state index is -0.213. The van der Waals surface area contributed by atoms with Crippen molar-refractivity contribution in [2.45, 2.75) is 6.42 Å². The van der Waals surface area contributed by atoms with Crippen LogP contribution in [0.25, 0.3) is 5.52 Å². The molecule has 90 valence electrons. The zero-order chi connectivity index (χ0) is 12.5. The molecule has 0 bridgehead atoms. The number of hydrogen-bond donors (Lipinski definition) is 0. The van der Waals surface area contributed by atoms with Crippen LogP contribution in [-0.2, 0) is 6.42 Å². The molecule has 0 aliphatic rings. The number of nitrogens with zero attached hydrogens (tertiary/aromatic N) is 2.